The van der Waals surface area contributed by atoms with Crippen molar-refractivity contribution in [2.75, 3.05) is 39.8 Å². The van der Waals surface area contributed by atoms with Crippen molar-refractivity contribution in [3.05, 3.63) is 45.4 Å². The van der Waals surface area contributed by atoms with Gasteiger partial charge in [-0.05, 0) is 51.1 Å². The molecule has 10 nitrogen and oxygen atoms in total. The average molecular weight is 502 g/mol. The lowest BCUT2D eigenvalue weighted by atomic mass is 10.1. The molecule has 1 N–H and O–H groups in total. The minimum absolute atomic E-state index is 0.106. The fourth-order valence-corrected chi connectivity index (χ4v) is 5.94. The topological polar surface area (TPSA) is 117 Å². The van der Waals surface area contributed by atoms with Crippen LogP contribution in [0.15, 0.2) is 27.9 Å². The van der Waals surface area contributed by atoms with Crippen molar-refractivity contribution < 1.29 is 17.9 Å². The zero-order chi connectivity index (χ0) is 25.3. The van der Waals surface area contributed by atoms with Gasteiger partial charge in [-0.3, -0.25) is 9.59 Å². The normalized spacial score (nSPS) is 15.5. The van der Waals surface area contributed by atoms with Crippen LogP contribution in [0.4, 0.5) is 0 Å². The molecule has 1 saturated heterocycles. The van der Waals surface area contributed by atoms with Crippen LogP contribution in [-0.4, -0.2) is 78.3 Å². The number of nitrogens with zero attached hydrogens (tertiary/aromatic N) is 4. The third-order valence-electron chi connectivity index (χ3n) is 6.40. The first-order valence-electron chi connectivity index (χ1n) is 11.8. The Bertz CT molecular complexity index is 1420. The van der Waals surface area contributed by atoms with E-state index in [2.05, 4.69) is 15.0 Å². The van der Waals surface area contributed by atoms with Gasteiger partial charge in [-0.1, -0.05) is 13.3 Å². The second kappa shape index (κ2) is 9.92. The summed E-state index contributed by atoms with van der Waals surface area (Å²) in [5.41, 5.74) is 1.94. The number of hydrogen-bond acceptors (Lipinski definition) is 7. The number of aromatic amines is 1. The summed E-state index contributed by atoms with van der Waals surface area (Å²) in [6.45, 7) is 7.99. The SMILES string of the molecule is CCCc1c(C=O)c(C)c2c(=O)[nH]c(-c3cc(S(=O)(=O)N4CCN(C)CC4)ccc3OCC)nn12. The molecule has 1 aliphatic rings. The molecule has 0 saturated carbocycles. The highest BCUT2D eigenvalue weighted by molar-refractivity contribution is 7.89. The molecule has 1 aromatic carbocycles. The molecule has 1 fully saturated rings. The van der Waals surface area contributed by atoms with Crippen LogP contribution in [0.2, 0.25) is 0 Å². The predicted molar refractivity (Wildman–Crippen MR) is 133 cm³/mol. The van der Waals surface area contributed by atoms with Crippen LogP contribution in [0.25, 0.3) is 16.9 Å². The average Bonchev–Trinajstić information content (AvgIpc) is 3.11. The fraction of sp³-hybridized carbons (Fsp3) is 0.458. The number of fused-ring (bicyclic) bond motifs is 1. The smallest absolute Gasteiger partial charge is 0.275 e. The molecule has 3 heterocycles. The van der Waals surface area contributed by atoms with E-state index in [-0.39, 0.29) is 10.7 Å². The zero-order valence-corrected chi connectivity index (χ0v) is 21.3. The first kappa shape index (κ1) is 25.1. The van der Waals surface area contributed by atoms with E-state index in [0.717, 1.165) is 12.7 Å². The molecule has 0 radical (unpaired) electrons. The predicted octanol–water partition coefficient (Wildman–Crippen LogP) is 2.10. The Kier molecular flexibility index (Phi) is 7.11. The van der Waals surface area contributed by atoms with Gasteiger partial charge in [0.15, 0.2) is 12.1 Å². The maximum absolute atomic E-state index is 13.4. The number of carbonyl (C=O) groups is 1. The van der Waals surface area contributed by atoms with Crippen molar-refractivity contribution in [3.63, 3.8) is 0 Å². The molecule has 0 atom stereocenters. The van der Waals surface area contributed by atoms with Gasteiger partial charge in [-0.15, -0.1) is 5.10 Å². The van der Waals surface area contributed by atoms with Crippen molar-refractivity contribution >= 4 is 21.8 Å². The number of sulfonamides is 1. The summed E-state index contributed by atoms with van der Waals surface area (Å²) in [5.74, 6) is 0.579. The number of hydrogen-bond donors (Lipinski definition) is 1. The number of aldehydes is 1. The van der Waals surface area contributed by atoms with Gasteiger partial charge in [-0.25, -0.2) is 12.9 Å². The summed E-state index contributed by atoms with van der Waals surface area (Å²) < 4.78 is 35.5. The Morgan fingerprint density at radius 2 is 1.89 bits per heavy atom. The van der Waals surface area contributed by atoms with Gasteiger partial charge in [0.05, 0.1) is 22.8 Å². The van der Waals surface area contributed by atoms with Crippen molar-refractivity contribution in [3.8, 4) is 17.1 Å². The van der Waals surface area contributed by atoms with Crippen LogP contribution in [-0.2, 0) is 16.4 Å². The van der Waals surface area contributed by atoms with Gasteiger partial charge < -0.3 is 14.6 Å². The lowest BCUT2D eigenvalue weighted by molar-refractivity contribution is 0.112. The first-order chi connectivity index (χ1) is 16.7. The van der Waals surface area contributed by atoms with Gasteiger partial charge in [0.25, 0.3) is 5.56 Å². The standard InChI is InChI=1S/C24H31N5O5S/c1-5-7-20-19(15-30)16(3)22-24(31)25-23(26-29(20)22)18-14-17(8-9-21(18)34-6-2)35(32,33)28-12-10-27(4)11-13-28/h8-9,14-15H,5-7,10-13H2,1-4H3,(H,25,26,31). The number of aryl methyl sites for hydroxylation is 2. The van der Waals surface area contributed by atoms with Crippen molar-refractivity contribution in [2.24, 2.45) is 0 Å². The quantitative estimate of drug-likeness (QED) is 0.470. The maximum atomic E-state index is 13.4. The summed E-state index contributed by atoms with van der Waals surface area (Å²) in [5, 5.41) is 4.65. The Morgan fingerprint density at radius 1 is 1.17 bits per heavy atom. The number of aromatic nitrogens is 3. The number of piperazine rings is 1. The summed E-state index contributed by atoms with van der Waals surface area (Å²) in [7, 11) is -1.78. The van der Waals surface area contributed by atoms with Crippen LogP contribution in [0.1, 0.15) is 41.9 Å². The fourth-order valence-electron chi connectivity index (χ4n) is 4.49. The molecular formula is C24H31N5O5S. The van der Waals surface area contributed by atoms with Gasteiger partial charge in [0.2, 0.25) is 10.0 Å². The van der Waals surface area contributed by atoms with Crippen molar-refractivity contribution in [2.45, 2.75) is 38.5 Å². The number of benzene rings is 1. The largest absolute Gasteiger partial charge is 0.493 e. The van der Waals surface area contributed by atoms with Gasteiger partial charge in [-0.2, -0.15) is 4.31 Å². The van der Waals surface area contributed by atoms with E-state index in [1.54, 1.807) is 13.0 Å². The highest BCUT2D eigenvalue weighted by Gasteiger charge is 2.29. The van der Waals surface area contributed by atoms with Crippen molar-refractivity contribution in [1.29, 1.82) is 0 Å². The molecule has 3 aromatic rings. The molecule has 0 amide bonds. The summed E-state index contributed by atoms with van der Waals surface area (Å²) >= 11 is 0. The Morgan fingerprint density at radius 3 is 2.51 bits per heavy atom. The highest BCUT2D eigenvalue weighted by atomic mass is 32.2. The monoisotopic (exact) mass is 501 g/mol. The molecule has 0 spiro atoms. The molecule has 2 aromatic heterocycles. The van der Waals surface area contributed by atoms with E-state index in [4.69, 9.17) is 4.74 Å². The lowest BCUT2D eigenvalue weighted by Gasteiger charge is -2.31. The van der Waals surface area contributed by atoms with Crippen LogP contribution in [0.3, 0.4) is 0 Å². The van der Waals surface area contributed by atoms with Gasteiger partial charge >= 0.3 is 0 Å². The van der Waals surface area contributed by atoms with E-state index in [1.807, 2.05) is 20.9 Å². The highest BCUT2D eigenvalue weighted by Crippen LogP contribution is 2.32. The molecule has 0 aliphatic carbocycles. The summed E-state index contributed by atoms with van der Waals surface area (Å²) in [4.78, 5) is 29.8. The molecule has 4 rings (SSSR count). The Hall–Kier alpha value is -3.02. The lowest BCUT2D eigenvalue weighted by Crippen LogP contribution is -2.47. The molecular weight excluding hydrogens is 470 g/mol. The minimum Gasteiger partial charge on any atom is -0.493 e. The molecule has 188 valence electrons. The van der Waals surface area contributed by atoms with Crippen LogP contribution < -0.4 is 10.3 Å². The third-order valence-corrected chi connectivity index (χ3v) is 8.29. The molecule has 0 bridgehead atoms. The van der Waals surface area contributed by atoms with Crippen LogP contribution in [0, 0.1) is 6.92 Å². The van der Waals surface area contributed by atoms with E-state index >= 15 is 0 Å². The number of nitrogens with one attached hydrogen (secondary N) is 1. The number of ether oxygens (including phenoxy) is 1. The second-order valence-electron chi connectivity index (χ2n) is 8.71. The Balaban J connectivity index is 1.90. The van der Waals surface area contributed by atoms with E-state index in [1.165, 1.54) is 21.0 Å². The zero-order valence-electron chi connectivity index (χ0n) is 20.5. The number of H-pyrrole nitrogens is 1. The van der Waals surface area contributed by atoms with Crippen LogP contribution >= 0.6 is 0 Å². The van der Waals surface area contributed by atoms with Gasteiger partial charge in [0, 0.05) is 31.7 Å². The number of likely N-dealkylation sites (N-methyl/N-ethyl adjacent to an activating group) is 1. The van der Waals surface area contributed by atoms with E-state index in [0.29, 0.717) is 72.9 Å². The molecule has 35 heavy (non-hydrogen) atoms. The number of carbonyl (C=O) groups excluding carboxylic acids is 1. The number of rotatable bonds is 8. The first-order valence-corrected chi connectivity index (χ1v) is 13.2. The summed E-state index contributed by atoms with van der Waals surface area (Å²) in [6, 6.07) is 4.61. The third kappa shape index (κ3) is 4.51. The summed E-state index contributed by atoms with van der Waals surface area (Å²) in [6.07, 6.45) is 2.08. The second-order valence-corrected chi connectivity index (χ2v) is 10.7. The molecule has 11 heteroatoms. The van der Waals surface area contributed by atoms with E-state index < -0.39 is 15.6 Å². The molecule has 0 unspecified atom stereocenters. The van der Waals surface area contributed by atoms with Gasteiger partial charge in [0.1, 0.15) is 11.3 Å². The minimum atomic E-state index is -3.75. The van der Waals surface area contributed by atoms with Crippen molar-refractivity contribution in [1.82, 2.24) is 23.8 Å². The Labute approximate surface area is 204 Å². The maximum Gasteiger partial charge on any atom is 0.275 e. The van der Waals surface area contributed by atoms with E-state index in [9.17, 15) is 18.0 Å². The molecule has 1 aliphatic heterocycles. The van der Waals surface area contributed by atoms with Crippen LogP contribution in [0.5, 0.6) is 5.75 Å².